The summed E-state index contributed by atoms with van der Waals surface area (Å²) in [5.41, 5.74) is 3.33. The highest BCUT2D eigenvalue weighted by atomic mass is 15.3. The molecule has 1 aromatic carbocycles. The number of hydrogen-bond donors (Lipinski definition) is 0. The number of nitriles is 1. The quantitative estimate of drug-likeness (QED) is 0.665. The molecule has 0 fully saturated rings. The molecule has 0 N–H and O–H groups in total. The molecule has 0 saturated heterocycles. The van der Waals surface area contributed by atoms with Crippen LogP contribution in [0.4, 0.5) is 0 Å². The van der Waals surface area contributed by atoms with Crippen LogP contribution >= 0.6 is 0 Å². The van der Waals surface area contributed by atoms with Crippen LogP contribution in [0.25, 0.3) is 16.7 Å². The second-order valence-electron chi connectivity index (χ2n) is 4.51. The molecule has 2 aromatic heterocycles. The van der Waals surface area contributed by atoms with E-state index in [2.05, 4.69) is 16.2 Å². The molecule has 0 radical (unpaired) electrons. The van der Waals surface area contributed by atoms with Crippen molar-refractivity contribution in [2.75, 3.05) is 0 Å². The summed E-state index contributed by atoms with van der Waals surface area (Å²) >= 11 is 0. The Morgan fingerprint density at radius 2 is 2.00 bits per heavy atom. The summed E-state index contributed by atoms with van der Waals surface area (Å²) in [5, 5.41) is 14.7. The van der Waals surface area contributed by atoms with Crippen LogP contribution in [0, 0.1) is 25.2 Å². The van der Waals surface area contributed by atoms with Crippen molar-refractivity contribution in [3.05, 3.63) is 53.3 Å². The molecule has 19 heavy (non-hydrogen) atoms. The molecule has 2 heterocycles. The largest absolute Gasteiger partial charge is 0.233 e. The van der Waals surface area contributed by atoms with Gasteiger partial charge in [-0.2, -0.15) is 10.4 Å². The average molecular weight is 248 g/mol. The van der Waals surface area contributed by atoms with E-state index in [1.54, 1.807) is 10.9 Å². The van der Waals surface area contributed by atoms with Gasteiger partial charge < -0.3 is 0 Å². The molecule has 0 aliphatic heterocycles. The Bertz CT molecular complexity index is 809. The Balaban J connectivity index is 2.36. The Morgan fingerprint density at radius 3 is 2.79 bits per heavy atom. The molecular formula is C15H12N4. The lowest BCUT2D eigenvalue weighted by molar-refractivity contribution is 0.860. The monoisotopic (exact) mass is 248 g/mol. The highest BCUT2D eigenvalue weighted by molar-refractivity contribution is 5.80. The zero-order chi connectivity index (χ0) is 13.4. The lowest BCUT2D eigenvalue weighted by Crippen LogP contribution is -2.05. The first-order chi connectivity index (χ1) is 9.20. The molecular weight excluding hydrogens is 236 g/mol. The number of aryl methyl sites for hydroxylation is 2. The zero-order valence-corrected chi connectivity index (χ0v) is 10.8. The lowest BCUT2D eigenvalue weighted by atomic mass is 10.1. The minimum absolute atomic E-state index is 0.569. The van der Waals surface area contributed by atoms with Crippen LogP contribution in [0.15, 0.2) is 36.5 Å². The van der Waals surface area contributed by atoms with Crippen molar-refractivity contribution >= 4 is 10.9 Å². The zero-order valence-electron chi connectivity index (χ0n) is 10.8. The number of rotatable bonds is 1. The first kappa shape index (κ1) is 11.4. The van der Waals surface area contributed by atoms with Gasteiger partial charge in [0.2, 0.25) is 0 Å². The predicted octanol–water partition coefficient (Wildman–Crippen LogP) is 2.91. The molecule has 3 aromatic rings. The van der Waals surface area contributed by atoms with Gasteiger partial charge in [-0.3, -0.25) is 0 Å². The van der Waals surface area contributed by atoms with Crippen LogP contribution in [0.2, 0.25) is 0 Å². The number of fused-ring (bicyclic) bond motifs is 1. The Morgan fingerprint density at radius 1 is 1.21 bits per heavy atom. The third-order valence-electron chi connectivity index (χ3n) is 3.12. The summed E-state index contributed by atoms with van der Waals surface area (Å²) in [4.78, 5) is 4.48. The van der Waals surface area contributed by atoms with Crippen LogP contribution in [-0.2, 0) is 0 Å². The minimum atomic E-state index is 0.569. The van der Waals surface area contributed by atoms with E-state index in [1.165, 1.54) is 0 Å². The molecule has 0 aliphatic rings. The van der Waals surface area contributed by atoms with Crippen LogP contribution < -0.4 is 0 Å². The number of hydrogen-bond acceptors (Lipinski definition) is 3. The van der Waals surface area contributed by atoms with Gasteiger partial charge in [0.25, 0.3) is 0 Å². The lowest BCUT2D eigenvalue weighted by Gasteiger charge is -2.08. The Labute approximate surface area is 110 Å². The maximum Gasteiger partial charge on any atom is 0.172 e. The van der Waals surface area contributed by atoms with Gasteiger partial charge in [0, 0.05) is 11.1 Å². The first-order valence-corrected chi connectivity index (χ1v) is 6.02. The fraction of sp³-hybridized carbons (Fsp3) is 0.133. The molecule has 0 unspecified atom stereocenters. The molecule has 0 spiro atoms. The number of pyridine rings is 1. The van der Waals surface area contributed by atoms with Gasteiger partial charge in [0.15, 0.2) is 5.82 Å². The van der Waals surface area contributed by atoms with Gasteiger partial charge in [-0.1, -0.05) is 18.2 Å². The summed E-state index contributed by atoms with van der Waals surface area (Å²) in [7, 11) is 0. The summed E-state index contributed by atoms with van der Waals surface area (Å²) in [5.74, 6) is 0.598. The number of benzene rings is 1. The summed E-state index contributed by atoms with van der Waals surface area (Å²) in [6.07, 6.45) is 1.79. The molecule has 0 atom stereocenters. The highest BCUT2D eigenvalue weighted by Gasteiger charge is 2.13. The van der Waals surface area contributed by atoms with Crippen molar-refractivity contribution in [1.82, 2.24) is 14.8 Å². The molecule has 0 amide bonds. The molecule has 92 valence electrons. The first-order valence-electron chi connectivity index (χ1n) is 6.02. The number of para-hydroxylation sites is 1. The van der Waals surface area contributed by atoms with E-state index in [9.17, 15) is 5.26 Å². The number of nitrogens with zero attached hydrogens (tertiary/aromatic N) is 4. The van der Waals surface area contributed by atoms with Crippen molar-refractivity contribution in [3.63, 3.8) is 0 Å². The molecule has 0 saturated carbocycles. The van der Waals surface area contributed by atoms with Crippen LogP contribution in [-0.4, -0.2) is 14.8 Å². The van der Waals surface area contributed by atoms with Crippen LogP contribution in [0.3, 0.4) is 0 Å². The van der Waals surface area contributed by atoms with E-state index in [0.29, 0.717) is 11.4 Å². The standard InChI is InChI=1S/C15H12N4/c1-10-7-11(2)18-15(13(10)8-16)19-14-6-4-3-5-12(14)9-17-19/h3-7,9H,1-2H3. The normalized spacial score (nSPS) is 10.6. The van der Waals surface area contributed by atoms with Gasteiger partial charge in [0.1, 0.15) is 6.07 Å². The second-order valence-corrected chi connectivity index (χ2v) is 4.51. The van der Waals surface area contributed by atoms with Crippen molar-refractivity contribution in [3.8, 4) is 11.9 Å². The Hall–Kier alpha value is -2.67. The SMILES string of the molecule is Cc1cc(C)c(C#N)c(-n2ncc3ccccc32)n1. The highest BCUT2D eigenvalue weighted by Crippen LogP contribution is 2.21. The fourth-order valence-corrected chi connectivity index (χ4v) is 2.25. The van der Waals surface area contributed by atoms with Gasteiger partial charge in [-0.05, 0) is 31.5 Å². The van der Waals surface area contributed by atoms with Gasteiger partial charge >= 0.3 is 0 Å². The predicted molar refractivity (Wildman–Crippen MR) is 73.1 cm³/mol. The molecule has 4 nitrogen and oxygen atoms in total. The van der Waals surface area contributed by atoms with E-state index >= 15 is 0 Å². The fourth-order valence-electron chi connectivity index (χ4n) is 2.25. The Kier molecular flexibility index (Phi) is 2.53. The van der Waals surface area contributed by atoms with Crippen molar-refractivity contribution in [2.24, 2.45) is 0 Å². The van der Waals surface area contributed by atoms with E-state index in [4.69, 9.17) is 0 Å². The second kappa shape index (κ2) is 4.21. The summed E-state index contributed by atoms with van der Waals surface area (Å²) in [6, 6.07) is 12.0. The van der Waals surface area contributed by atoms with E-state index in [0.717, 1.165) is 22.2 Å². The summed E-state index contributed by atoms with van der Waals surface area (Å²) < 4.78 is 1.73. The van der Waals surface area contributed by atoms with Crippen molar-refractivity contribution < 1.29 is 0 Å². The smallest absolute Gasteiger partial charge is 0.172 e. The molecule has 3 rings (SSSR count). The van der Waals surface area contributed by atoms with Gasteiger partial charge in [0.05, 0.1) is 17.3 Å². The maximum atomic E-state index is 9.33. The van der Waals surface area contributed by atoms with Gasteiger partial charge in [-0.15, -0.1) is 0 Å². The van der Waals surface area contributed by atoms with E-state index in [-0.39, 0.29) is 0 Å². The third-order valence-corrected chi connectivity index (χ3v) is 3.12. The molecule has 4 heteroatoms. The topological polar surface area (TPSA) is 54.5 Å². The van der Waals surface area contributed by atoms with Gasteiger partial charge in [-0.25, -0.2) is 9.67 Å². The summed E-state index contributed by atoms with van der Waals surface area (Å²) in [6.45, 7) is 3.84. The third kappa shape index (κ3) is 1.76. The number of aromatic nitrogens is 3. The molecule has 0 aliphatic carbocycles. The maximum absolute atomic E-state index is 9.33. The van der Waals surface area contributed by atoms with E-state index < -0.39 is 0 Å². The van der Waals surface area contributed by atoms with Crippen molar-refractivity contribution in [1.29, 1.82) is 5.26 Å². The van der Waals surface area contributed by atoms with Crippen LogP contribution in [0.5, 0.6) is 0 Å². The molecule has 0 bridgehead atoms. The average Bonchev–Trinajstić information content (AvgIpc) is 2.81. The van der Waals surface area contributed by atoms with Crippen LogP contribution in [0.1, 0.15) is 16.8 Å². The van der Waals surface area contributed by atoms with Crippen molar-refractivity contribution in [2.45, 2.75) is 13.8 Å². The van der Waals surface area contributed by atoms with E-state index in [1.807, 2.05) is 44.2 Å². The minimum Gasteiger partial charge on any atom is -0.233 e.